The van der Waals surface area contributed by atoms with E-state index in [1.807, 2.05) is 13.0 Å². The van der Waals surface area contributed by atoms with Crippen molar-refractivity contribution in [2.75, 3.05) is 25.6 Å². The molecule has 0 radical (unpaired) electrons. The second-order valence-corrected chi connectivity index (χ2v) is 5.99. The van der Waals surface area contributed by atoms with Gasteiger partial charge in [0.1, 0.15) is 5.60 Å². The molecule has 0 aliphatic carbocycles. The Morgan fingerprint density at radius 2 is 1.86 bits per heavy atom. The fraction of sp³-hybridized carbons (Fsp3) is 0.625. The molecule has 0 aromatic heterocycles. The topological polar surface area (TPSA) is 55.8 Å². The highest BCUT2D eigenvalue weighted by Gasteiger charge is 2.20. The lowest BCUT2D eigenvalue weighted by atomic mass is 10.2. The van der Waals surface area contributed by atoms with Crippen LogP contribution in [0.15, 0.2) is 23.8 Å². The highest BCUT2D eigenvalue weighted by atomic mass is 35.5. The molecule has 0 spiro atoms. The van der Waals surface area contributed by atoms with Crippen molar-refractivity contribution in [3.63, 3.8) is 0 Å². The van der Waals surface area contributed by atoms with Gasteiger partial charge in [-0.2, -0.15) is 0 Å². The summed E-state index contributed by atoms with van der Waals surface area (Å²) in [5.41, 5.74) is 0.385. The lowest BCUT2D eigenvalue weighted by Crippen LogP contribution is -2.37. The molecule has 1 amide bonds. The minimum atomic E-state index is -0.578. The Kier molecular flexibility index (Phi) is 9.58. The van der Waals surface area contributed by atoms with Crippen LogP contribution in [0.5, 0.6) is 0 Å². The lowest BCUT2D eigenvalue weighted by Gasteiger charge is -2.26. The number of amides is 1. The summed E-state index contributed by atoms with van der Waals surface area (Å²) in [6.45, 7) is 9.95. The standard InChI is InChI=1S/C16H26ClNO4/c1-6-21-14(19)8-7-10-18(11-9-13(2)12-17)15(20)22-16(3,4)5/h7-9H,6,10-12H2,1-5H3/b8-7+,13-9+. The number of nitrogens with zero attached hydrogens (tertiary/aromatic N) is 1. The maximum absolute atomic E-state index is 12.2. The van der Waals surface area contributed by atoms with Crippen LogP contribution < -0.4 is 0 Å². The van der Waals surface area contributed by atoms with E-state index in [0.29, 0.717) is 19.0 Å². The fourth-order valence-electron chi connectivity index (χ4n) is 1.34. The van der Waals surface area contributed by atoms with E-state index in [-0.39, 0.29) is 6.54 Å². The van der Waals surface area contributed by atoms with Crippen LogP contribution in [0.25, 0.3) is 0 Å². The molecule has 6 heteroatoms. The number of hydrogen-bond acceptors (Lipinski definition) is 4. The van der Waals surface area contributed by atoms with E-state index in [9.17, 15) is 9.59 Å². The third-order valence-electron chi connectivity index (χ3n) is 2.39. The van der Waals surface area contributed by atoms with E-state index in [1.54, 1.807) is 33.8 Å². The van der Waals surface area contributed by atoms with Crippen molar-refractivity contribution >= 4 is 23.7 Å². The van der Waals surface area contributed by atoms with Gasteiger partial charge < -0.3 is 14.4 Å². The van der Waals surface area contributed by atoms with Crippen LogP contribution >= 0.6 is 11.6 Å². The molecule has 0 heterocycles. The smallest absolute Gasteiger partial charge is 0.410 e. The first-order valence-corrected chi connectivity index (χ1v) is 7.75. The van der Waals surface area contributed by atoms with Gasteiger partial charge in [0.2, 0.25) is 0 Å². The number of carbonyl (C=O) groups is 2. The molecule has 5 nitrogen and oxygen atoms in total. The Morgan fingerprint density at radius 3 is 2.36 bits per heavy atom. The van der Waals surface area contributed by atoms with Gasteiger partial charge in [-0.05, 0) is 34.6 Å². The fourth-order valence-corrected chi connectivity index (χ4v) is 1.45. The number of halogens is 1. The predicted molar refractivity (Wildman–Crippen MR) is 88.1 cm³/mol. The van der Waals surface area contributed by atoms with Gasteiger partial charge in [-0.3, -0.25) is 0 Å². The van der Waals surface area contributed by atoms with E-state index < -0.39 is 17.7 Å². The minimum absolute atomic E-state index is 0.250. The highest BCUT2D eigenvalue weighted by molar-refractivity contribution is 6.19. The van der Waals surface area contributed by atoms with E-state index in [2.05, 4.69) is 0 Å². The molecule has 22 heavy (non-hydrogen) atoms. The molecule has 0 aromatic rings. The molecule has 126 valence electrons. The summed E-state index contributed by atoms with van der Waals surface area (Å²) in [6, 6.07) is 0. The molecule has 0 saturated heterocycles. The first kappa shape index (κ1) is 20.5. The van der Waals surface area contributed by atoms with E-state index in [1.165, 1.54) is 11.0 Å². The molecule has 0 fully saturated rings. The molecule has 0 aliphatic rings. The Labute approximate surface area is 137 Å². The van der Waals surface area contributed by atoms with E-state index in [4.69, 9.17) is 21.1 Å². The number of rotatable bonds is 7. The van der Waals surface area contributed by atoms with Crippen LogP contribution in [-0.2, 0) is 14.3 Å². The summed E-state index contributed by atoms with van der Waals surface area (Å²) in [5, 5.41) is 0. The molecule has 0 aliphatic heterocycles. The van der Waals surface area contributed by atoms with Crippen molar-refractivity contribution in [2.24, 2.45) is 0 Å². The molecule has 0 bridgehead atoms. The zero-order valence-corrected chi connectivity index (χ0v) is 14.8. The van der Waals surface area contributed by atoms with Crippen LogP contribution in [0.3, 0.4) is 0 Å². The minimum Gasteiger partial charge on any atom is -0.463 e. The molecular weight excluding hydrogens is 306 g/mol. The van der Waals surface area contributed by atoms with E-state index >= 15 is 0 Å². The largest absolute Gasteiger partial charge is 0.463 e. The predicted octanol–water partition coefficient (Wildman–Crippen LogP) is 3.53. The summed E-state index contributed by atoms with van der Waals surface area (Å²) in [5.74, 6) is -0.0278. The van der Waals surface area contributed by atoms with Gasteiger partial charge in [0.05, 0.1) is 6.61 Å². The van der Waals surface area contributed by atoms with Gasteiger partial charge in [-0.1, -0.05) is 17.7 Å². The number of esters is 1. The highest BCUT2D eigenvalue weighted by Crippen LogP contribution is 2.10. The normalized spacial score (nSPS) is 12.4. The summed E-state index contributed by atoms with van der Waals surface area (Å²) in [4.78, 5) is 24.9. The Bertz CT molecular complexity index is 424. The number of carbonyl (C=O) groups excluding carboxylic acids is 2. The number of ether oxygens (including phenoxy) is 2. The SMILES string of the molecule is CCOC(=O)/C=C/CN(C/C=C(\C)CCl)C(=O)OC(C)(C)C. The molecule has 0 atom stereocenters. The Morgan fingerprint density at radius 1 is 1.23 bits per heavy atom. The number of alkyl halides is 1. The van der Waals surface area contributed by atoms with Crippen molar-refractivity contribution in [3.05, 3.63) is 23.8 Å². The van der Waals surface area contributed by atoms with Crippen molar-refractivity contribution in [1.82, 2.24) is 4.90 Å². The average molecular weight is 332 g/mol. The first-order valence-electron chi connectivity index (χ1n) is 7.22. The quantitative estimate of drug-likeness (QED) is 0.310. The molecule has 0 rings (SSSR count). The zero-order chi connectivity index (χ0) is 17.2. The lowest BCUT2D eigenvalue weighted by molar-refractivity contribution is -0.137. The molecular formula is C16H26ClNO4. The van der Waals surface area contributed by atoms with Crippen molar-refractivity contribution in [2.45, 2.75) is 40.2 Å². The second kappa shape index (κ2) is 10.3. The van der Waals surface area contributed by atoms with Gasteiger partial charge >= 0.3 is 12.1 Å². The molecule has 0 N–H and O–H groups in total. The van der Waals surface area contributed by atoms with Gasteiger partial charge in [0, 0.05) is 25.0 Å². The van der Waals surface area contributed by atoms with Crippen molar-refractivity contribution in [3.8, 4) is 0 Å². The third-order valence-corrected chi connectivity index (χ3v) is 2.81. The molecule has 0 unspecified atom stereocenters. The molecule has 0 saturated carbocycles. The Balaban J connectivity index is 4.79. The zero-order valence-electron chi connectivity index (χ0n) is 14.0. The van der Waals surface area contributed by atoms with Crippen molar-refractivity contribution < 1.29 is 19.1 Å². The maximum Gasteiger partial charge on any atom is 0.410 e. The number of allylic oxidation sites excluding steroid dienone is 1. The average Bonchev–Trinajstić information content (AvgIpc) is 2.40. The second-order valence-electron chi connectivity index (χ2n) is 5.72. The summed E-state index contributed by atoms with van der Waals surface area (Å²) < 4.78 is 10.1. The van der Waals surface area contributed by atoms with E-state index in [0.717, 1.165) is 5.57 Å². The first-order chi connectivity index (χ1) is 10.2. The summed E-state index contributed by atoms with van der Waals surface area (Å²) in [6.07, 6.45) is 4.29. The van der Waals surface area contributed by atoms with Crippen LogP contribution in [0, 0.1) is 0 Å². The van der Waals surface area contributed by atoms with Gasteiger partial charge in [-0.15, -0.1) is 11.6 Å². The summed E-state index contributed by atoms with van der Waals surface area (Å²) in [7, 11) is 0. The van der Waals surface area contributed by atoms with Gasteiger partial charge in [0.25, 0.3) is 0 Å². The monoisotopic (exact) mass is 331 g/mol. The van der Waals surface area contributed by atoms with Gasteiger partial charge in [0.15, 0.2) is 0 Å². The third kappa shape index (κ3) is 10.3. The molecule has 0 aromatic carbocycles. The number of hydrogen-bond donors (Lipinski definition) is 0. The summed E-state index contributed by atoms with van der Waals surface area (Å²) >= 11 is 5.72. The van der Waals surface area contributed by atoms with Crippen LogP contribution in [0.2, 0.25) is 0 Å². The maximum atomic E-state index is 12.2. The van der Waals surface area contributed by atoms with Crippen LogP contribution in [0.1, 0.15) is 34.6 Å². The van der Waals surface area contributed by atoms with Crippen LogP contribution in [0.4, 0.5) is 4.79 Å². The van der Waals surface area contributed by atoms with Crippen molar-refractivity contribution in [1.29, 1.82) is 0 Å². The van der Waals surface area contributed by atoms with Crippen LogP contribution in [-0.4, -0.2) is 48.1 Å². The Hall–Kier alpha value is -1.49. The van der Waals surface area contributed by atoms with Gasteiger partial charge in [-0.25, -0.2) is 9.59 Å².